The van der Waals surface area contributed by atoms with Gasteiger partial charge in [-0.2, -0.15) is 0 Å². The van der Waals surface area contributed by atoms with Crippen LogP contribution in [0, 0.1) is 5.92 Å². The van der Waals surface area contributed by atoms with Gasteiger partial charge < -0.3 is 22.1 Å². The second-order valence-corrected chi connectivity index (χ2v) is 7.93. The molecule has 0 radical (unpaired) electrons. The fourth-order valence-electron chi connectivity index (χ4n) is 3.09. The Hall–Kier alpha value is -3.27. The summed E-state index contributed by atoms with van der Waals surface area (Å²) in [4.78, 5) is 37.4. The molecule has 1 aliphatic rings. The standard InChI is InChI=1S/C19H21N7O2S/c20-16(27)12(6-5-10-3-4-10)24-14-8-23-15(17(21)28)18(26-14)25-13-9-29-19-11(13)2-1-7-22-19/h1-2,7-10,12H,3-6H2,(H2,20,27)(H2,21,28)(H2,24,25,26)/t12-/m1/s1. The second-order valence-electron chi connectivity index (χ2n) is 7.07. The van der Waals surface area contributed by atoms with Crippen LogP contribution in [0.4, 0.5) is 17.3 Å². The first-order chi connectivity index (χ1) is 14.0. The van der Waals surface area contributed by atoms with Gasteiger partial charge >= 0.3 is 0 Å². The Balaban J connectivity index is 1.59. The molecule has 0 bridgehead atoms. The van der Waals surface area contributed by atoms with E-state index in [1.54, 1.807) is 6.20 Å². The lowest BCUT2D eigenvalue weighted by atomic mass is 10.1. The van der Waals surface area contributed by atoms with Crippen molar-refractivity contribution in [3.63, 3.8) is 0 Å². The van der Waals surface area contributed by atoms with Gasteiger partial charge in [0, 0.05) is 17.0 Å². The number of hydrogen-bond donors (Lipinski definition) is 4. The summed E-state index contributed by atoms with van der Waals surface area (Å²) in [6.45, 7) is 0. The Labute approximate surface area is 170 Å². The summed E-state index contributed by atoms with van der Waals surface area (Å²) in [5.41, 5.74) is 11.7. The lowest BCUT2D eigenvalue weighted by molar-refractivity contribution is -0.118. The number of anilines is 3. The Morgan fingerprint density at radius 3 is 2.83 bits per heavy atom. The molecule has 3 aromatic heterocycles. The molecule has 1 atom stereocenters. The van der Waals surface area contributed by atoms with Gasteiger partial charge in [-0.25, -0.2) is 15.0 Å². The van der Waals surface area contributed by atoms with Gasteiger partial charge in [0.05, 0.1) is 11.9 Å². The fourth-order valence-corrected chi connectivity index (χ4v) is 3.93. The number of nitrogens with zero attached hydrogens (tertiary/aromatic N) is 3. The number of aromatic nitrogens is 3. The SMILES string of the molecule is NC(=O)c1ncc(N[C@H](CCC2CC2)C(N)=O)nc1Nc1csc2ncccc12. The molecule has 1 saturated carbocycles. The van der Waals surface area contributed by atoms with Crippen LogP contribution in [0.5, 0.6) is 0 Å². The van der Waals surface area contributed by atoms with Crippen LogP contribution < -0.4 is 22.1 Å². The summed E-state index contributed by atoms with van der Waals surface area (Å²) in [7, 11) is 0. The van der Waals surface area contributed by atoms with Gasteiger partial charge in [-0.15, -0.1) is 11.3 Å². The van der Waals surface area contributed by atoms with Crippen LogP contribution >= 0.6 is 11.3 Å². The zero-order valence-electron chi connectivity index (χ0n) is 15.6. The highest BCUT2D eigenvalue weighted by Crippen LogP contribution is 2.34. The second kappa shape index (κ2) is 8.00. The van der Waals surface area contributed by atoms with E-state index in [-0.39, 0.29) is 11.5 Å². The molecule has 3 aromatic rings. The molecular weight excluding hydrogens is 390 g/mol. The average molecular weight is 411 g/mol. The third kappa shape index (κ3) is 4.43. The lowest BCUT2D eigenvalue weighted by Gasteiger charge is -2.17. The minimum Gasteiger partial charge on any atom is -0.368 e. The van der Waals surface area contributed by atoms with Gasteiger partial charge in [0.15, 0.2) is 11.5 Å². The number of thiophene rings is 1. The number of fused-ring (bicyclic) bond motifs is 1. The third-order valence-electron chi connectivity index (χ3n) is 4.83. The highest BCUT2D eigenvalue weighted by molar-refractivity contribution is 7.17. The van der Waals surface area contributed by atoms with E-state index in [0.29, 0.717) is 18.2 Å². The third-order valence-corrected chi connectivity index (χ3v) is 5.74. The number of rotatable bonds is 9. The molecule has 3 heterocycles. The number of primary amides is 2. The number of hydrogen-bond acceptors (Lipinski definition) is 8. The van der Waals surface area contributed by atoms with Crippen molar-refractivity contribution in [1.29, 1.82) is 0 Å². The first kappa shape index (κ1) is 19.1. The van der Waals surface area contributed by atoms with Crippen molar-refractivity contribution in [2.24, 2.45) is 17.4 Å². The number of pyridine rings is 1. The molecular formula is C19H21N7O2S. The van der Waals surface area contributed by atoms with E-state index in [4.69, 9.17) is 11.5 Å². The van der Waals surface area contributed by atoms with Crippen LogP contribution in [0.15, 0.2) is 29.9 Å². The van der Waals surface area contributed by atoms with Crippen molar-refractivity contribution < 1.29 is 9.59 Å². The summed E-state index contributed by atoms with van der Waals surface area (Å²) in [5, 5.41) is 8.93. The number of nitrogens with one attached hydrogen (secondary N) is 2. The molecule has 4 rings (SSSR count). The van der Waals surface area contributed by atoms with Crippen molar-refractivity contribution in [2.75, 3.05) is 10.6 Å². The van der Waals surface area contributed by atoms with Crippen LogP contribution in [-0.4, -0.2) is 32.8 Å². The highest BCUT2D eigenvalue weighted by atomic mass is 32.1. The zero-order chi connectivity index (χ0) is 20.4. The monoisotopic (exact) mass is 411 g/mol. The number of carbonyl (C=O) groups is 2. The summed E-state index contributed by atoms with van der Waals surface area (Å²) < 4.78 is 0. The van der Waals surface area contributed by atoms with Crippen LogP contribution in [0.1, 0.15) is 36.2 Å². The van der Waals surface area contributed by atoms with Gasteiger partial charge in [0.25, 0.3) is 5.91 Å². The van der Waals surface area contributed by atoms with Crippen molar-refractivity contribution in [2.45, 2.75) is 31.7 Å². The van der Waals surface area contributed by atoms with E-state index in [2.05, 4.69) is 25.6 Å². The lowest BCUT2D eigenvalue weighted by Crippen LogP contribution is -2.36. The van der Waals surface area contributed by atoms with Crippen LogP contribution in [0.3, 0.4) is 0 Å². The molecule has 29 heavy (non-hydrogen) atoms. The molecule has 9 nitrogen and oxygen atoms in total. The molecule has 0 unspecified atom stereocenters. The van der Waals surface area contributed by atoms with Crippen molar-refractivity contribution in [1.82, 2.24) is 15.0 Å². The number of carbonyl (C=O) groups excluding carboxylic acids is 2. The smallest absolute Gasteiger partial charge is 0.271 e. The molecule has 10 heteroatoms. The quantitative estimate of drug-likeness (QED) is 0.422. The molecule has 2 amide bonds. The number of nitrogens with two attached hydrogens (primary N) is 2. The highest BCUT2D eigenvalue weighted by Gasteiger charge is 2.25. The topological polar surface area (TPSA) is 149 Å². The predicted molar refractivity (Wildman–Crippen MR) is 112 cm³/mol. The van der Waals surface area contributed by atoms with E-state index in [9.17, 15) is 9.59 Å². The molecule has 1 fully saturated rings. The van der Waals surface area contributed by atoms with Crippen LogP contribution in [0.2, 0.25) is 0 Å². The van der Waals surface area contributed by atoms with Gasteiger partial charge in [-0.1, -0.05) is 12.8 Å². The van der Waals surface area contributed by atoms with Crippen LogP contribution in [-0.2, 0) is 4.79 Å². The minimum absolute atomic E-state index is 0.00685. The summed E-state index contributed by atoms with van der Waals surface area (Å²) in [6, 6.07) is 3.20. The van der Waals surface area contributed by atoms with E-state index >= 15 is 0 Å². The summed E-state index contributed by atoms with van der Waals surface area (Å²) in [6.07, 6.45) is 7.07. The van der Waals surface area contributed by atoms with Crippen molar-refractivity contribution >= 4 is 50.7 Å². The predicted octanol–water partition coefficient (Wildman–Crippen LogP) is 2.38. The van der Waals surface area contributed by atoms with Gasteiger partial charge in [-0.3, -0.25) is 9.59 Å². The maximum atomic E-state index is 11.8. The molecule has 0 saturated heterocycles. The Morgan fingerprint density at radius 1 is 1.28 bits per heavy atom. The van der Waals surface area contributed by atoms with Crippen LogP contribution in [0.25, 0.3) is 10.2 Å². The van der Waals surface area contributed by atoms with E-state index in [1.807, 2.05) is 17.5 Å². The fraction of sp³-hybridized carbons (Fsp3) is 0.316. The maximum absolute atomic E-state index is 11.8. The molecule has 1 aliphatic carbocycles. The normalized spacial score (nSPS) is 14.5. The van der Waals surface area contributed by atoms with Gasteiger partial charge in [0.2, 0.25) is 5.91 Å². The minimum atomic E-state index is -0.704. The molecule has 6 N–H and O–H groups in total. The van der Waals surface area contributed by atoms with E-state index < -0.39 is 17.9 Å². The van der Waals surface area contributed by atoms with Crippen molar-refractivity contribution in [3.8, 4) is 0 Å². The Bertz CT molecular complexity index is 1060. The van der Waals surface area contributed by atoms with Crippen molar-refractivity contribution in [3.05, 3.63) is 35.6 Å². The van der Waals surface area contributed by atoms with E-state index in [1.165, 1.54) is 30.4 Å². The average Bonchev–Trinajstić information content (AvgIpc) is 3.45. The molecule has 0 aromatic carbocycles. The van der Waals surface area contributed by atoms with Gasteiger partial charge in [0.1, 0.15) is 16.7 Å². The molecule has 150 valence electrons. The summed E-state index contributed by atoms with van der Waals surface area (Å²) >= 11 is 1.47. The molecule has 0 spiro atoms. The van der Waals surface area contributed by atoms with E-state index in [0.717, 1.165) is 22.3 Å². The first-order valence-electron chi connectivity index (χ1n) is 9.33. The number of amides is 2. The largest absolute Gasteiger partial charge is 0.368 e. The zero-order valence-corrected chi connectivity index (χ0v) is 16.4. The Kier molecular flexibility index (Phi) is 5.26. The Morgan fingerprint density at radius 2 is 2.10 bits per heavy atom. The maximum Gasteiger partial charge on any atom is 0.271 e. The van der Waals surface area contributed by atoms with Gasteiger partial charge in [-0.05, 0) is 30.9 Å². The molecule has 0 aliphatic heterocycles. The summed E-state index contributed by atoms with van der Waals surface area (Å²) in [5.74, 6) is 0.0751. The first-order valence-corrected chi connectivity index (χ1v) is 10.2.